The Balaban J connectivity index is 2.58. The SMILES string of the molecule is C/C=C/COc1ccc(S(=O)(=O)Cl)c2ncccc12. The standard InChI is InChI=1S/C13H12ClNO3S/c1-2-3-9-18-11-6-7-12(19(14,16)17)13-10(11)5-4-8-15-13/h2-8H,9H2,1H3/b3-2+. The molecule has 19 heavy (non-hydrogen) atoms. The van der Waals surface area contributed by atoms with Crippen LogP contribution in [0.25, 0.3) is 10.9 Å². The van der Waals surface area contributed by atoms with Gasteiger partial charge in [0.05, 0.1) is 5.52 Å². The van der Waals surface area contributed by atoms with E-state index in [0.29, 0.717) is 23.3 Å². The van der Waals surface area contributed by atoms with Gasteiger partial charge in [0, 0.05) is 22.3 Å². The normalized spacial score (nSPS) is 12.1. The average Bonchev–Trinajstić information content (AvgIpc) is 2.37. The minimum absolute atomic E-state index is 0.0110. The molecular formula is C13H12ClNO3S. The Hall–Kier alpha value is -1.59. The van der Waals surface area contributed by atoms with Crippen molar-refractivity contribution < 1.29 is 13.2 Å². The maximum Gasteiger partial charge on any atom is 0.263 e. The maximum absolute atomic E-state index is 11.5. The van der Waals surface area contributed by atoms with Crippen LogP contribution in [0.15, 0.2) is 47.5 Å². The van der Waals surface area contributed by atoms with Crippen molar-refractivity contribution in [2.75, 3.05) is 6.61 Å². The van der Waals surface area contributed by atoms with Gasteiger partial charge in [-0.2, -0.15) is 0 Å². The molecule has 1 heterocycles. The predicted molar refractivity (Wildman–Crippen MR) is 75.1 cm³/mol. The molecule has 0 spiro atoms. The molecule has 2 rings (SSSR count). The predicted octanol–water partition coefficient (Wildman–Crippen LogP) is 3.12. The third-order valence-corrected chi connectivity index (χ3v) is 3.88. The molecule has 1 aromatic heterocycles. The number of allylic oxidation sites excluding steroid dienone is 1. The quantitative estimate of drug-likeness (QED) is 0.643. The largest absolute Gasteiger partial charge is 0.489 e. The van der Waals surface area contributed by atoms with Crippen LogP contribution in [-0.4, -0.2) is 20.0 Å². The van der Waals surface area contributed by atoms with E-state index in [4.69, 9.17) is 15.4 Å². The zero-order chi connectivity index (χ0) is 13.9. The molecule has 4 nitrogen and oxygen atoms in total. The molecule has 100 valence electrons. The Morgan fingerprint density at radius 1 is 1.37 bits per heavy atom. The van der Waals surface area contributed by atoms with E-state index in [1.165, 1.54) is 12.3 Å². The van der Waals surface area contributed by atoms with E-state index < -0.39 is 9.05 Å². The van der Waals surface area contributed by atoms with Gasteiger partial charge in [-0.1, -0.05) is 12.2 Å². The van der Waals surface area contributed by atoms with E-state index in [9.17, 15) is 8.42 Å². The Morgan fingerprint density at radius 2 is 2.16 bits per heavy atom. The summed E-state index contributed by atoms with van der Waals surface area (Å²) in [4.78, 5) is 4.06. The van der Waals surface area contributed by atoms with E-state index in [1.807, 2.05) is 19.1 Å². The lowest BCUT2D eigenvalue weighted by Crippen LogP contribution is -1.98. The Kier molecular flexibility index (Phi) is 4.07. The highest BCUT2D eigenvalue weighted by molar-refractivity contribution is 8.14. The average molecular weight is 298 g/mol. The molecule has 0 aliphatic carbocycles. The van der Waals surface area contributed by atoms with Gasteiger partial charge in [-0.25, -0.2) is 8.42 Å². The van der Waals surface area contributed by atoms with Crippen LogP contribution < -0.4 is 4.74 Å². The fourth-order valence-electron chi connectivity index (χ4n) is 1.68. The maximum atomic E-state index is 11.5. The van der Waals surface area contributed by atoms with E-state index >= 15 is 0 Å². The summed E-state index contributed by atoms with van der Waals surface area (Å²) in [5.74, 6) is 0.574. The van der Waals surface area contributed by atoms with Crippen LogP contribution in [0.1, 0.15) is 6.92 Å². The number of aromatic nitrogens is 1. The van der Waals surface area contributed by atoms with Gasteiger partial charge >= 0.3 is 0 Å². The molecule has 1 aromatic carbocycles. The zero-order valence-electron chi connectivity index (χ0n) is 10.2. The summed E-state index contributed by atoms with van der Waals surface area (Å²) in [6.45, 7) is 2.31. The summed E-state index contributed by atoms with van der Waals surface area (Å²) in [6, 6.07) is 6.46. The molecule has 0 atom stereocenters. The van der Waals surface area contributed by atoms with Crippen molar-refractivity contribution in [3.8, 4) is 5.75 Å². The van der Waals surface area contributed by atoms with E-state index in [0.717, 1.165) is 0 Å². The number of fused-ring (bicyclic) bond motifs is 1. The molecule has 0 radical (unpaired) electrons. The van der Waals surface area contributed by atoms with Crippen molar-refractivity contribution in [2.24, 2.45) is 0 Å². The van der Waals surface area contributed by atoms with Crippen LogP contribution >= 0.6 is 10.7 Å². The van der Waals surface area contributed by atoms with Gasteiger partial charge in [-0.05, 0) is 31.2 Å². The van der Waals surface area contributed by atoms with Gasteiger partial charge in [0.2, 0.25) is 0 Å². The Morgan fingerprint density at radius 3 is 2.84 bits per heavy atom. The smallest absolute Gasteiger partial charge is 0.263 e. The van der Waals surface area contributed by atoms with Crippen molar-refractivity contribution in [1.82, 2.24) is 4.98 Å². The summed E-state index contributed by atoms with van der Waals surface area (Å²) < 4.78 is 28.5. The first-order chi connectivity index (χ1) is 9.04. The number of hydrogen-bond acceptors (Lipinski definition) is 4. The Bertz CT molecular complexity index is 726. The summed E-state index contributed by atoms with van der Waals surface area (Å²) in [6.07, 6.45) is 5.25. The van der Waals surface area contributed by atoms with Gasteiger partial charge in [0.25, 0.3) is 9.05 Å². The van der Waals surface area contributed by atoms with E-state index in [1.54, 1.807) is 18.2 Å². The van der Waals surface area contributed by atoms with Crippen LogP contribution in [0.3, 0.4) is 0 Å². The third-order valence-electron chi connectivity index (χ3n) is 2.53. The summed E-state index contributed by atoms with van der Waals surface area (Å²) in [5, 5.41) is 0.619. The van der Waals surface area contributed by atoms with E-state index in [-0.39, 0.29) is 4.90 Å². The van der Waals surface area contributed by atoms with Crippen LogP contribution in [0, 0.1) is 0 Å². The monoisotopic (exact) mass is 297 g/mol. The highest BCUT2D eigenvalue weighted by Gasteiger charge is 2.17. The number of nitrogens with zero attached hydrogens (tertiary/aromatic N) is 1. The molecular weight excluding hydrogens is 286 g/mol. The first kappa shape index (κ1) is 13.8. The van der Waals surface area contributed by atoms with Crippen LogP contribution in [0.2, 0.25) is 0 Å². The van der Waals surface area contributed by atoms with Gasteiger partial charge in [-0.3, -0.25) is 4.98 Å². The topological polar surface area (TPSA) is 56.3 Å². The molecule has 0 N–H and O–H groups in total. The lowest BCUT2D eigenvalue weighted by molar-refractivity contribution is 0.367. The van der Waals surface area contributed by atoms with Crippen molar-refractivity contribution >= 4 is 30.6 Å². The first-order valence-electron chi connectivity index (χ1n) is 5.60. The van der Waals surface area contributed by atoms with Gasteiger partial charge < -0.3 is 4.74 Å². The second-order valence-electron chi connectivity index (χ2n) is 3.78. The lowest BCUT2D eigenvalue weighted by atomic mass is 10.2. The van der Waals surface area contributed by atoms with Gasteiger partial charge in [0.15, 0.2) is 0 Å². The molecule has 0 bridgehead atoms. The molecule has 0 saturated carbocycles. The van der Waals surface area contributed by atoms with Crippen LogP contribution in [-0.2, 0) is 9.05 Å². The molecule has 0 amide bonds. The molecule has 0 saturated heterocycles. The highest BCUT2D eigenvalue weighted by Crippen LogP contribution is 2.31. The second kappa shape index (κ2) is 5.59. The second-order valence-corrected chi connectivity index (χ2v) is 6.31. The Labute approximate surface area is 116 Å². The lowest BCUT2D eigenvalue weighted by Gasteiger charge is -2.09. The molecule has 6 heteroatoms. The summed E-state index contributed by atoms with van der Waals surface area (Å²) in [5.41, 5.74) is 0.315. The molecule has 0 aliphatic heterocycles. The van der Waals surface area contributed by atoms with Crippen molar-refractivity contribution in [3.05, 3.63) is 42.6 Å². The number of hydrogen-bond donors (Lipinski definition) is 0. The zero-order valence-corrected chi connectivity index (χ0v) is 11.8. The van der Waals surface area contributed by atoms with Crippen molar-refractivity contribution in [1.29, 1.82) is 0 Å². The molecule has 0 unspecified atom stereocenters. The highest BCUT2D eigenvalue weighted by atomic mass is 35.7. The number of pyridine rings is 1. The van der Waals surface area contributed by atoms with Gasteiger partial charge in [0.1, 0.15) is 17.3 Å². The summed E-state index contributed by atoms with van der Waals surface area (Å²) >= 11 is 0. The number of benzene rings is 1. The van der Waals surface area contributed by atoms with E-state index in [2.05, 4.69) is 4.98 Å². The summed E-state index contributed by atoms with van der Waals surface area (Å²) in [7, 11) is 1.57. The number of halogens is 1. The molecule has 0 fully saturated rings. The van der Waals surface area contributed by atoms with Crippen LogP contribution in [0.5, 0.6) is 5.75 Å². The number of rotatable bonds is 4. The fourth-order valence-corrected chi connectivity index (χ4v) is 2.68. The van der Waals surface area contributed by atoms with Gasteiger partial charge in [-0.15, -0.1) is 0 Å². The fraction of sp³-hybridized carbons (Fsp3) is 0.154. The minimum atomic E-state index is -3.83. The van der Waals surface area contributed by atoms with Crippen molar-refractivity contribution in [3.63, 3.8) is 0 Å². The molecule has 0 aliphatic rings. The minimum Gasteiger partial charge on any atom is -0.489 e. The number of ether oxygens (including phenoxy) is 1. The molecule has 2 aromatic rings. The van der Waals surface area contributed by atoms with Crippen molar-refractivity contribution in [2.45, 2.75) is 11.8 Å². The first-order valence-corrected chi connectivity index (χ1v) is 7.91. The third kappa shape index (κ3) is 3.05. The van der Waals surface area contributed by atoms with Crippen LogP contribution in [0.4, 0.5) is 0 Å².